The summed E-state index contributed by atoms with van der Waals surface area (Å²) in [5.74, 6) is 0. The molecule has 2 fully saturated rings. The Balaban J connectivity index is 1.73. The van der Waals surface area contributed by atoms with Crippen LogP contribution < -0.4 is 5.32 Å². The SMILES string of the molecule is CC1CCNC2(CCCC2)CN1Cc1ccccc1. The van der Waals surface area contributed by atoms with Crippen LogP contribution in [0.25, 0.3) is 0 Å². The third-order valence-electron chi connectivity index (χ3n) is 4.98. The predicted molar refractivity (Wildman–Crippen MR) is 80.1 cm³/mol. The Morgan fingerprint density at radius 3 is 2.68 bits per heavy atom. The zero-order valence-corrected chi connectivity index (χ0v) is 12.1. The molecule has 1 aromatic carbocycles. The van der Waals surface area contributed by atoms with Crippen molar-refractivity contribution < 1.29 is 0 Å². The van der Waals surface area contributed by atoms with E-state index in [0.717, 1.165) is 6.54 Å². The van der Waals surface area contributed by atoms with Gasteiger partial charge in [-0.1, -0.05) is 43.2 Å². The number of hydrogen-bond donors (Lipinski definition) is 1. The summed E-state index contributed by atoms with van der Waals surface area (Å²) >= 11 is 0. The summed E-state index contributed by atoms with van der Waals surface area (Å²) in [6.45, 7) is 5.90. The molecule has 0 radical (unpaired) electrons. The summed E-state index contributed by atoms with van der Waals surface area (Å²) in [6.07, 6.45) is 6.81. The molecule has 1 heterocycles. The fourth-order valence-corrected chi connectivity index (χ4v) is 3.75. The van der Waals surface area contributed by atoms with Gasteiger partial charge in [0.05, 0.1) is 0 Å². The Morgan fingerprint density at radius 1 is 1.21 bits per heavy atom. The molecule has 1 atom stereocenters. The van der Waals surface area contributed by atoms with Crippen molar-refractivity contribution in [3.63, 3.8) is 0 Å². The quantitative estimate of drug-likeness (QED) is 0.876. The van der Waals surface area contributed by atoms with E-state index >= 15 is 0 Å². The minimum atomic E-state index is 0.416. The van der Waals surface area contributed by atoms with Crippen LogP contribution in [0.2, 0.25) is 0 Å². The Kier molecular flexibility index (Phi) is 3.90. The summed E-state index contributed by atoms with van der Waals surface area (Å²) in [6, 6.07) is 11.6. The van der Waals surface area contributed by atoms with Gasteiger partial charge >= 0.3 is 0 Å². The van der Waals surface area contributed by atoms with Crippen molar-refractivity contribution in [2.24, 2.45) is 0 Å². The molecule has 1 spiro atoms. The minimum absolute atomic E-state index is 0.416. The van der Waals surface area contributed by atoms with Gasteiger partial charge in [0.15, 0.2) is 0 Å². The highest BCUT2D eigenvalue weighted by Crippen LogP contribution is 2.33. The van der Waals surface area contributed by atoms with Gasteiger partial charge in [-0.25, -0.2) is 0 Å². The molecule has 1 N–H and O–H groups in total. The van der Waals surface area contributed by atoms with Crippen LogP contribution in [-0.4, -0.2) is 29.6 Å². The van der Waals surface area contributed by atoms with E-state index in [-0.39, 0.29) is 0 Å². The van der Waals surface area contributed by atoms with Gasteiger partial charge in [0, 0.05) is 24.7 Å². The van der Waals surface area contributed by atoms with E-state index in [2.05, 4.69) is 47.5 Å². The maximum atomic E-state index is 3.86. The van der Waals surface area contributed by atoms with Crippen LogP contribution in [0, 0.1) is 0 Å². The van der Waals surface area contributed by atoms with Crippen molar-refractivity contribution in [1.82, 2.24) is 10.2 Å². The van der Waals surface area contributed by atoms with Crippen LogP contribution >= 0.6 is 0 Å². The van der Waals surface area contributed by atoms with Gasteiger partial charge in [-0.05, 0) is 38.3 Å². The highest BCUT2D eigenvalue weighted by atomic mass is 15.2. The predicted octanol–water partition coefficient (Wildman–Crippen LogP) is 3.18. The van der Waals surface area contributed by atoms with Gasteiger partial charge < -0.3 is 5.32 Å². The fourth-order valence-electron chi connectivity index (χ4n) is 3.75. The van der Waals surface area contributed by atoms with E-state index in [4.69, 9.17) is 0 Å². The number of hydrogen-bond acceptors (Lipinski definition) is 2. The van der Waals surface area contributed by atoms with E-state index in [0.29, 0.717) is 11.6 Å². The molecule has 2 nitrogen and oxygen atoms in total. The lowest BCUT2D eigenvalue weighted by molar-refractivity contribution is 0.160. The Bertz CT molecular complexity index is 395. The molecule has 3 rings (SSSR count). The smallest absolute Gasteiger partial charge is 0.0309 e. The standard InChI is InChI=1S/C17H26N2/c1-15-9-12-18-17(10-5-6-11-17)14-19(15)13-16-7-3-2-4-8-16/h2-4,7-8,15,18H,5-6,9-14H2,1H3. The molecule has 1 aromatic rings. The van der Waals surface area contributed by atoms with Crippen LogP contribution in [0.4, 0.5) is 0 Å². The molecular weight excluding hydrogens is 232 g/mol. The second kappa shape index (κ2) is 5.64. The summed E-state index contributed by atoms with van der Waals surface area (Å²) in [5.41, 5.74) is 1.86. The molecule has 1 saturated carbocycles. The number of nitrogens with one attached hydrogen (secondary N) is 1. The summed E-state index contributed by atoms with van der Waals surface area (Å²) in [4.78, 5) is 2.70. The zero-order chi connectivity index (χ0) is 13.1. The van der Waals surface area contributed by atoms with Gasteiger partial charge in [-0.3, -0.25) is 4.90 Å². The molecule has 104 valence electrons. The van der Waals surface area contributed by atoms with E-state index in [1.54, 1.807) is 0 Å². The van der Waals surface area contributed by atoms with Crippen molar-refractivity contribution >= 4 is 0 Å². The molecule has 1 aliphatic heterocycles. The van der Waals surface area contributed by atoms with Crippen LogP contribution in [0.5, 0.6) is 0 Å². The van der Waals surface area contributed by atoms with Gasteiger partial charge in [-0.2, -0.15) is 0 Å². The van der Waals surface area contributed by atoms with Crippen LogP contribution in [0.1, 0.15) is 44.6 Å². The number of rotatable bonds is 2. The maximum absolute atomic E-state index is 3.86. The molecule has 2 heteroatoms. The Hall–Kier alpha value is -0.860. The minimum Gasteiger partial charge on any atom is -0.310 e. The second-order valence-corrected chi connectivity index (χ2v) is 6.44. The van der Waals surface area contributed by atoms with Crippen molar-refractivity contribution in [3.8, 4) is 0 Å². The normalized spacial score (nSPS) is 27.5. The van der Waals surface area contributed by atoms with E-state index in [1.807, 2.05) is 0 Å². The van der Waals surface area contributed by atoms with Crippen LogP contribution in [-0.2, 0) is 6.54 Å². The first-order valence-electron chi connectivity index (χ1n) is 7.80. The first kappa shape index (κ1) is 13.1. The molecule has 1 saturated heterocycles. The first-order chi connectivity index (χ1) is 9.27. The molecule has 2 aliphatic rings. The van der Waals surface area contributed by atoms with Crippen LogP contribution in [0.3, 0.4) is 0 Å². The second-order valence-electron chi connectivity index (χ2n) is 6.44. The highest BCUT2D eigenvalue weighted by molar-refractivity contribution is 5.15. The number of nitrogens with zero attached hydrogens (tertiary/aromatic N) is 1. The molecule has 0 amide bonds. The van der Waals surface area contributed by atoms with Crippen LogP contribution in [0.15, 0.2) is 30.3 Å². The van der Waals surface area contributed by atoms with Crippen molar-refractivity contribution in [3.05, 3.63) is 35.9 Å². The third kappa shape index (κ3) is 3.01. The third-order valence-corrected chi connectivity index (χ3v) is 4.98. The van der Waals surface area contributed by atoms with Gasteiger partial charge in [0.1, 0.15) is 0 Å². The molecule has 1 aliphatic carbocycles. The van der Waals surface area contributed by atoms with Crippen molar-refractivity contribution in [1.29, 1.82) is 0 Å². The molecule has 19 heavy (non-hydrogen) atoms. The lowest BCUT2D eigenvalue weighted by Crippen LogP contribution is -2.49. The fraction of sp³-hybridized carbons (Fsp3) is 0.647. The lowest BCUT2D eigenvalue weighted by atomic mass is 9.96. The number of benzene rings is 1. The van der Waals surface area contributed by atoms with Crippen molar-refractivity contribution in [2.45, 2.75) is 57.2 Å². The Morgan fingerprint density at radius 2 is 1.95 bits per heavy atom. The maximum Gasteiger partial charge on any atom is 0.0309 e. The summed E-state index contributed by atoms with van der Waals surface area (Å²) in [5, 5.41) is 3.86. The van der Waals surface area contributed by atoms with Crippen molar-refractivity contribution in [2.75, 3.05) is 13.1 Å². The molecule has 1 unspecified atom stereocenters. The van der Waals surface area contributed by atoms with E-state index in [9.17, 15) is 0 Å². The highest BCUT2D eigenvalue weighted by Gasteiger charge is 2.37. The Labute approximate surface area is 117 Å². The molecule has 0 aromatic heterocycles. The average molecular weight is 258 g/mol. The molecular formula is C17H26N2. The summed E-state index contributed by atoms with van der Waals surface area (Å²) < 4.78 is 0. The topological polar surface area (TPSA) is 15.3 Å². The average Bonchev–Trinajstić information content (AvgIpc) is 2.81. The lowest BCUT2D eigenvalue weighted by Gasteiger charge is -2.35. The first-order valence-corrected chi connectivity index (χ1v) is 7.80. The van der Waals surface area contributed by atoms with E-state index in [1.165, 1.54) is 50.8 Å². The summed E-state index contributed by atoms with van der Waals surface area (Å²) in [7, 11) is 0. The largest absolute Gasteiger partial charge is 0.310 e. The molecule has 0 bridgehead atoms. The van der Waals surface area contributed by atoms with E-state index < -0.39 is 0 Å². The van der Waals surface area contributed by atoms with Gasteiger partial charge in [0.25, 0.3) is 0 Å². The van der Waals surface area contributed by atoms with Gasteiger partial charge in [-0.15, -0.1) is 0 Å². The van der Waals surface area contributed by atoms with Gasteiger partial charge in [0.2, 0.25) is 0 Å². The monoisotopic (exact) mass is 258 g/mol. The zero-order valence-electron chi connectivity index (χ0n) is 12.1.